The number of rotatable bonds is 7. The van der Waals surface area contributed by atoms with Crippen molar-refractivity contribution in [3.63, 3.8) is 0 Å². The van der Waals surface area contributed by atoms with Crippen molar-refractivity contribution < 1.29 is 8.42 Å². The predicted octanol–water partition coefficient (Wildman–Crippen LogP) is 0.586. The van der Waals surface area contributed by atoms with E-state index in [2.05, 4.69) is 49.7 Å². The summed E-state index contributed by atoms with van der Waals surface area (Å²) >= 11 is 3.08. The summed E-state index contributed by atoms with van der Waals surface area (Å²) in [6, 6.07) is 0.451. The van der Waals surface area contributed by atoms with Gasteiger partial charge in [-0.2, -0.15) is 0 Å². The summed E-state index contributed by atoms with van der Waals surface area (Å²) in [5.74, 6) is 0. The normalized spacial score (nSPS) is 12.6. The van der Waals surface area contributed by atoms with Gasteiger partial charge in [0.1, 0.15) is 0 Å². The molecular weight excluding hydrogens is 334 g/mol. The predicted molar refractivity (Wildman–Crippen MR) is 76.3 cm³/mol. The molecule has 0 aromatic carbocycles. The molecule has 1 aromatic heterocycles. The first-order valence-electron chi connectivity index (χ1n) is 6.00. The van der Waals surface area contributed by atoms with E-state index >= 15 is 0 Å². The van der Waals surface area contributed by atoms with E-state index < -0.39 is 10.0 Å². The number of halogens is 1. The lowest BCUT2D eigenvalue weighted by Gasteiger charge is -2.20. The number of sulfonamides is 1. The molecule has 1 N–H and O–H groups in total. The van der Waals surface area contributed by atoms with Crippen LogP contribution in [0.4, 0.5) is 0 Å². The third kappa shape index (κ3) is 4.51. The Morgan fingerprint density at radius 3 is 2.58 bits per heavy atom. The van der Waals surface area contributed by atoms with Gasteiger partial charge in [-0.15, -0.1) is 5.10 Å². The van der Waals surface area contributed by atoms with E-state index in [-0.39, 0.29) is 9.63 Å². The van der Waals surface area contributed by atoms with Gasteiger partial charge in [-0.25, -0.2) is 17.8 Å². The second-order valence-electron chi connectivity index (χ2n) is 4.63. The Balaban J connectivity index is 2.54. The topological polar surface area (TPSA) is 80.1 Å². The number of hydrogen-bond donors (Lipinski definition) is 1. The molecule has 0 bridgehead atoms. The van der Waals surface area contributed by atoms with Crippen LogP contribution in [0.2, 0.25) is 0 Å². The molecule has 0 aliphatic heterocycles. The van der Waals surface area contributed by atoms with Crippen LogP contribution in [0.3, 0.4) is 0 Å². The van der Waals surface area contributed by atoms with Gasteiger partial charge < -0.3 is 4.90 Å². The van der Waals surface area contributed by atoms with Crippen LogP contribution in [0.25, 0.3) is 0 Å². The van der Waals surface area contributed by atoms with Crippen molar-refractivity contribution in [2.45, 2.75) is 31.3 Å². The minimum absolute atomic E-state index is 0.0460. The highest BCUT2D eigenvalue weighted by Gasteiger charge is 2.23. The fraction of sp³-hybridized carbons (Fsp3) is 0.800. The molecule has 7 nitrogen and oxygen atoms in total. The van der Waals surface area contributed by atoms with Crippen molar-refractivity contribution >= 4 is 26.0 Å². The Kier molecular flexibility index (Phi) is 5.90. The molecule has 0 saturated heterocycles. The molecule has 0 radical (unpaired) electrons. The average molecular weight is 354 g/mol. The molecule has 0 atom stereocenters. The van der Waals surface area contributed by atoms with Crippen molar-refractivity contribution in [1.29, 1.82) is 0 Å². The SMILES string of the molecule is CC(C)N(C)CCCNS(=O)(=O)c1c(Br)nnn1C. The fourth-order valence-electron chi connectivity index (χ4n) is 1.47. The van der Waals surface area contributed by atoms with E-state index in [4.69, 9.17) is 0 Å². The van der Waals surface area contributed by atoms with Gasteiger partial charge in [-0.3, -0.25) is 0 Å². The molecule has 1 rings (SSSR count). The lowest BCUT2D eigenvalue weighted by Crippen LogP contribution is -2.32. The van der Waals surface area contributed by atoms with Crippen molar-refractivity contribution in [2.75, 3.05) is 20.1 Å². The molecule has 19 heavy (non-hydrogen) atoms. The molecule has 0 saturated carbocycles. The number of aromatic nitrogens is 3. The quantitative estimate of drug-likeness (QED) is 0.725. The molecule has 9 heteroatoms. The summed E-state index contributed by atoms with van der Waals surface area (Å²) < 4.78 is 28.1. The first-order valence-corrected chi connectivity index (χ1v) is 8.28. The highest BCUT2D eigenvalue weighted by atomic mass is 79.9. The van der Waals surface area contributed by atoms with Gasteiger partial charge >= 0.3 is 0 Å². The summed E-state index contributed by atoms with van der Waals surface area (Å²) in [6.07, 6.45) is 0.747. The summed E-state index contributed by atoms with van der Waals surface area (Å²) in [5, 5.41) is 7.36. The zero-order chi connectivity index (χ0) is 14.6. The van der Waals surface area contributed by atoms with Crippen LogP contribution in [0.1, 0.15) is 20.3 Å². The summed E-state index contributed by atoms with van der Waals surface area (Å²) in [6.45, 7) is 5.42. The highest BCUT2D eigenvalue weighted by molar-refractivity contribution is 9.10. The maximum absolute atomic E-state index is 12.1. The van der Waals surface area contributed by atoms with Crippen molar-refractivity contribution in [3.05, 3.63) is 4.60 Å². The van der Waals surface area contributed by atoms with Gasteiger partial charge in [-0.1, -0.05) is 5.21 Å². The van der Waals surface area contributed by atoms with Crippen molar-refractivity contribution in [3.8, 4) is 0 Å². The molecule has 1 aromatic rings. The molecule has 0 aliphatic rings. The fourth-order valence-corrected chi connectivity index (χ4v) is 3.63. The Hall–Kier alpha value is -0.510. The summed E-state index contributed by atoms with van der Waals surface area (Å²) in [5.41, 5.74) is 0. The largest absolute Gasteiger partial charge is 0.304 e. The Morgan fingerprint density at radius 2 is 2.11 bits per heavy atom. The van der Waals surface area contributed by atoms with Crippen LogP contribution < -0.4 is 4.72 Å². The van der Waals surface area contributed by atoms with Gasteiger partial charge in [0.2, 0.25) is 5.03 Å². The van der Waals surface area contributed by atoms with E-state index in [1.807, 2.05) is 7.05 Å². The van der Waals surface area contributed by atoms with E-state index in [1.54, 1.807) is 7.05 Å². The Labute approximate surface area is 122 Å². The summed E-state index contributed by atoms with van der Waals surface area (Å²) in [4.78, 5) is 2.16. The Morgan fingerprint density at radius 1 is 1.47 bits per heavy atom. The van der Waals surface area contributed by atoms with Gasteiger partial charge in [0.05, 0.1) is 0 Å². The minimum Gasteiger partial charge on any atom is -0.304 e. The van der Waals surface area contributed by atoms with Gasteiger partial charge in [0.25, 0.3) is 10.0 Å². The first kappa shape index (κ1) is 16.5. The third-order valence-corrected chi connectivity index (χ3v) is 5.20. The average Bonchev–Trinajstić information content (AvgIpc) is 2.64. The molecule has 0 unspecified atom stereocenters. The summed E-state index contributed by atoms with van der Waals surface area (Å²) in [7, 11) is -0.0187. The second kappa shape index (κ2) is 6.78. The molecule has 0 amide bonds. The first-order chi connectivity index (χ1) is 8.75. The van der Waals surface area contributed by atoms with Crippen LogP contribution in [0.15, 0.2) is 9.63 Å². The molecule has 0 fully saturated rings. The maximum atomic E-state index is 12.1. The molecular formula is C10H20BrN5O2S. The van der Waals surface area contributed by atoms with Gasteiger partial charge in [0, 0.05) is 19.6 Å². The van der Waals surface area contributed by atoms with Crippen molar-refractivity contribution in [1.82, 2.24) is 24.6 Å². The molecule has 0 aliphatic carbocycles. The second-order valence-corrected chi connectivity index (χ2v) is 7.07. The molecule has 0 spiro atoms. The lowest BCUT2D eigenvalue weighted by molar-refractivity contribution is 0.271. The number of nitrogens with one attached hydrogen (secondary N) is 1. The van der Waals surface area contributed by atoms with E-state index in [1.165, 1.54) is 4.68 Å². The maximum Gasteiger partial charge on any atom is 0.260 e. The van der Waals surface area contributed by atoms with Crippen molar-refractivity contribution in [2.24, 2.45) is 7.05 Å². The zero-order valence-electron chi connectivity index (χ0n) is 11.6. The van der Waals surface area contributed by atoms with Crippen LogP contribution >= 0.6 is 15.9 Å². The Bertz CT molecular complexity index is 494. The number of aryl methyl sites for hydroxylation is 1. The number of hydrogen-bond acceptors (Lipinski definition) is 5. The van der Waals surface area contributed by atoms with Crippen LogP contribution in [0.5, 0.6) is 0 Å². The minimum atomic E-state index is -3.57. The monoisotopic (exact) mass is 353 g/mol. The van der Waals surface area contributed by atoms with E-state index in [9.17, 15) is 8.42 Å². The van der Waals surface area contributed by atoms with Crippen LogP contribution in [-0.2, 0) is 17.1 Å². The lowest BCUT2D eigenvalue weighted by atomic mass is 10.3. The molecule has 110 valence electrons. The zero-order valence-corrected chi connectivity index (χ0v) is 14.0. The van der Waals surface area contributed by atoms with Crippen LogP contribution in [-0.4, -0.2) is 54.5 Å². The third-order valence-electron chi connectivity index (χ3n) is 2.85. The smallest absolute Gasteiger partial charge is 0.260 e. The molecule has 1 heterocycles. The van der Waals surface area contributed by atoms with E-state index in [0.29, 0.717) is 12.6 Å². The van der Waals surface area contributed by atoms with E-state index in [0.717, 1.165) is 13.0 Å². The van der Waals surface area contributed by atoms with Gasteiger partial charge in [0.15, 0.2) is 4.60 Å². The van der Waals surface area contributed by atoms with Gasteiger partial charge in [-0.05, 0) is 49.8 Å². The van der Waals surface area contributed by atoms with Crippen LogP contribution in [0, 0.1) is 0 Å². The standard InChI is InChI=1S/C10H20BrN5O2S/c1-8(2)15(3)7-5-6-12-19(17,18)10-9(11)13-14-16(10)4/h8,12H,5-7H2,1-4H3. The number of nitrogens with zero attached hydrogens (tertiary/aromatic N) is 4. The highest BCUT2D eigenvalue weighted by Crippen LogP contribution is 2.17.